The molecule has 0 amide bonds. The molecule has 0 radical (unpaired) electrons. The predicted molar refractivity (Wildman–Crippen MR) is 81.5 cm³/mol. The highest BCUT2D eigenvalue weighted by atomic mass is 14.7. The number of benzene rings is 3. The van der Waals surface area contributed by atoms with Gasteiger partial charge in [-0.3, -0.25) is 4.98 Å². The van der Waals surface area contributed by atoms with E-state index in [-0.39, 0.29) is 0 Å². The molecule has 4 rings (SSSR count). The van der Waals surface area contributed by atoms with Gasteiger partial charge in [-0.2, -0.15) is 0 Å². The lowest BCUT2D eigenvalue weighted by molar-refractivity contribution is 1.34. The Balaban J connectivity index is 2.26. The van der Waals surface area contributed by atoms with E-state index in [0.717, 1.165) is 5.52 Å². The van der Waals surface area contributed by atoms with Crippen molar-refractivity contribution < 1.29 is 0 Å². The van der Waals surface area contributed by atoms with Gasteiger partial charge in [0, 0.05) is 17.0 Å². The molecule has 1 aromatic heterocycles. The van der Waals surface area contributed by atoms with Gasteiger partial charge in [0.2, 0.25) is 0 Å². The van der Waals surface area contributed by atoms with Crippen LogP contribution in [-0.2, 0) is 0 Å². The molecule has 90 valence electrons. The zero-order chi connectivity index (χ0) is 12.8. The van der Waals surface area contributed by atoms with Crippen LogP contribution in [-0.4, -0.2) is 4.98 Å². The smallest absolute Gasteiger partial charge is 0.0780 e. The van der Waals surface area contributed by atoms with Crippen LogP contribution < -0.4 is 0 Å². The minimum absolute atomic E-state index is 1.09. The van der Waals surface area contributed by atoms with E-state index in [1.54, 1.807) is 0 Å². The fourth-order valence-corrected chi connectivity index (χ4v) is 2.80. The van der Waals surface area contributed by atoms with E-state index in [1.807, 2.05) is 6.20 Å². The molecule has 0 fully saturated rings. The highest BCUT2D eigenvalue weighted by Gasteiger charge is 2.05. The number of rotatable bonds is 0. The summed E-state index contributed by atoms with van der Waals surface area (Å²) in [6.07, 6.45) is 1.94. The lowest BCUT2D eigenvalue weighted by Gasteiger charge is -2.07. The molecule has 0 aliphatic carbocycles. The molecule has 4 aromatic rings. The van der Waals surface area contributed by atoms with Crippen molar-refractivity contribution in [1.82, 2.24) is 4.98 Å². The number of fused-ring (bicyclic) bond motifs is 5. The standard InChI is InChI=1S/C18H13N/c1-12-10-14-7-8-16-15-5-3-2-4-13(15)6-9-17(16)18(14)19-11-12/h2-11H,1H3. The third kappa shape index (κ3) is 1.52. The molecule has 1 heterocycles. The second-order valence-corrected chi connectivity index (χ2v) is 5.03. The third-order valence-corrected chi connectivity index (χ3v) is 3.71. The Morgan fingerprint density at radius 3 is 2.47 bits per heavy atom. The first-order valence-electron chi connectivity index (χ1n) is 6.50. The molecule has 1 heteroatoms. The van der Waals surface area contributed by atoms with Crippen molar-refractivity contribution in [2.45, 2.75) is 6.92 Å². The predicted octanol–water partition coefficient (Wildman–Crippen LogP) is 4.85. The summed E-state index contributed by atoms with van der Waals surface area (Å²) in [5, 5.41) is 6.30. The van der Waals surface area contributed by atoms with Gasteiger partial charge in [-0.05, 0) is 34.7 Å². The Morgan fingerprint density at radius 1 is 0.737 bits per heavy atom. The molecule has 0 atom stereocenters. The number of hydrogen-bond acceptors (Lipinski definition) is 1. The largest absolute Gasteiger partial charge is 0.255 e. The Labute approximate surface area is 111 Å². The van der Waals surface area contributed by atoms with Gasteiger partial charge in [-0.15, -0.1) is 0 Å². The second-order valence-electron chi connectivity index (χ2n) is 5.03. The summed E-state index contributed by atoms with van der Waals surface area (Å²) >= 11 is 0. The van der Waals surface area contributed by atoms with Gasteiger partial charge in [-0.1, -0.05) is 48.5 Å². The first-order valence-corrected chi connectivity index (χ1v) is 6.50. The molecule has 0 spiro atoms. The summed E-state index contributed by atoms with van der Waals surface area (Å²) in [6.45, 7) is 2.08. The maximum absolute atomic E-state index is 4.62. The Kier molecular flexibility index (Phi) is 2.10. The monoisotopic (exact) mass is 243 g/mol. The summed E-state index contributed by atoms with van der Waals surface area (Å²) in [6, 6.07) is 19.4. The van der Waals surface area contributed by atoms with Crippen molar-refractivity contribution in [3.05, 3.63) is 66.4 Å². The van der Waals surface area contributed by atoms with Crippen LogP contribution in [0.15, 0.2) is 60.8 Å². The topological polar surface area (TPSA) is 12.9 Å². The van der Waals surface area contributed by atoms with E-state index in [1.165, 1.54) is 32.5 Å². The minimum Gasteiger partial charge on any atom is -0.255 e. The van der Waals surface area contributed by atoms with E-state index in [0.29, 0.717) is 0 Å². The van der Waals surface area contributed by atoms with Crippen LogP contribution in [0, 0.1) is 6.92 Å². The highest BCUT2D eigenvalue weighted by molar-refractivity contribution is 6.15. The molecule has 0 bridgehead atoms. The van der Waals surface area contributed by atoms with Crippen LogP contribution in [0.25, 0.3) is 32.4 Å². The van der Waals surface area contributed by atoms with Crippen LogP contribution >= 0.6 is 0 Å². The van der Waals surface area contributed by atoms with Gasteiger partial charge in [-0.25, -0.2) is 0 Å². The quantitative estimate of drug-likeness (QED) is 0.402. The SMILES string of the molecule is Cc1cnc2c(ccc3c4ccccc4ccc32)c1. The maximum Gasteiger partial charge on any atom is 0.0780 e. The van der Waals surface area contributed by atoms with E-state index in [2.05, 4.69) is 66.5 Å². The zero-order valence-electron chi connectivity index (χ0n) is 10.7. The fourth-order valence-electron chi connectivity index (χ4n) is 2.80. The van der Waals surface area contributed by atoms with Crippen LogP contribution in [0.4, 0.5) is 0 Å². The average Bonchev–Trinajstić information content (AvgIpc) is 2.46. The first-order chi connectivity index (χ1) is 9.33. The van der Waals surface area contributed by atoms with Crippen molar-refractivity contribution >= 4 is 32.4 Å². The third-order valence-electron chi connectivity index (χ3n) is 3.71. The number of aryl methyl sites for hydroxylation is 1. The van der Waals surface area contributed by atoms with Crippen LogP contribution in [0.2, 0.25) is 0 Å². The van der Waals surface area contributed by atoms with Gasteiger partial charge < -0.3 is 0 Å². The second kappa shape index (κ2) is 3.79. The Morgan fingerprint density at radius 2 is 1.53 bits per heavy atom. The fraction of sp³-hybridized carbons (Fsp3) is 0.0556. The van der Waals surface area contributed by atoms with Crippen LogP contribution in [0.5, 0.6) is 0 Å². The van der Waals surface area contributed by atoms with E-state index in [4.69, 9.17) is 0 Å². The first kappa shape index (κ1) is 10.5. The summed E-state index contributed by atoms with van der Waals surface area (Å²) in [7, 11) is 0. The zero-order valence-corrected chi connectivity index (χ0v) is 10.7. The van der Waals surface area contributed by atoms with Gasteiger partial charge in [0.25, 0.3) is 0 Å². The summed E-state index contributed by atoms with van der Waals surface area (Å²) < 4.78 is 0. The number of aromatic nitrogens is 1. The average molecular weight is 243 g/mol. The summed E-state index contributed by atoms with van der Waals surface area (Å²) in [5.41, 5.74) is 2.29. The number of pyridine rings is 1. The molecule has 0 unspecified atom stereocenters. The number of nitrogens with zero attached hydrogens (tertiary/aromatic N) is 1. The normalized spacial score (nSPS) is 11.4. The highest BCUT2D eigenvalue weighted by Crippen LogP contribution is 2.30. The molecule has 3 aromatic carbocycles. The van der Waals surface area contributed by atoms with Crippen molar-refractivity contribution in [2.75, 3.05) is 0 Å². The molecule has 0 aliphatic heterocycles. The molecule has 1 nitrogen and oxygen atoms in total. The lowest BCUT2D eigenvalue weighted by Crippen LogP contribution is -1.84. The van der Waals surface area contributed by atoms with E-state index >= 15 is 0 Å². The molecule has 0 aliphatic rings. The van der Waals surface area contributed by atoms with Crippen molar-refractivity contribution in [1.29, 1.82) is 0 Å². The molecular formula is C18H13N. The Hall–Kier alpha value is -2.41. The Bertz CT molecular complexity index is 922. The van der Waals surface area contributed by atoms with Crippen molar-refractivity contribution in [3.8, 4) is 0 Å². The van der Waals surface area contributed by atoms with Gasteiger partial charge in [0.15, 0.2) is 0 Å². The van der Waals surface area contributed by atoms with E-state index in [9.17, 15) is 0 Å². The lowest BCUT2D eigenvalue weighted by atomic mass is 9.99. The minimum atomic E-state index is 1.09. The summed E-state index contributed by atoms with van der Waals surface area (Å²) in [5.74, 6) is 0. The van der Waals surface area contributed by atoms with Gasteiger partial charge in [0.1, 0.15) is 0 Å². The summed E-state index contributed by atoms with van der Waals surface area (Å²) in [4.78, 5) is 4.62. The van der Waals surface area contributed by atoms with Gasteiger partial charge in [0.05, 0.1) is 5.52 Å². The molecular weight excluding hydrogens is 230 g/mol. The molecule has 19 heavy (non-hydrogen) atoms. The van der Waals surface area contributed by atoms with Crippen molar-refractivity contribution in [3.63, 3.8) is 0 Å². The van der Waals surface area contributed by atoms with E-state index < -0.39 is 0 Å². The molecule has 0 saturated carbocycles. The van der Waals surface area contributed by atoms with Crippen molar-refractivity contribution in [2.24, 2.45) is 0 Å². The van der Waals surface area contributed by atoms with Gasteiger partial charge >= 0.3 is 0 Å². The maximum atomic E-state index is 4.62. The molecule has 0 N–H and O–H groups in total. The molecule has 0 saturated heterocycles. The van der Waals surface area contributed by atoms with Crippen LogP contribution in [0.1, 0.15) is 5.56 Å². The van der Waals surface area contributed by atoms with Crippen LogP contribution in [0.3, 0.4) is 0 Å². The number of hydrogen-bond donors (Lipinski definition) is 0.